The van der Waals surface area contributed by atoms with Crippen molar-refractivity contribution in [2.24, 2.45) is 0 Å². The maximum absolute atomic E-state index is 12.1. The Morgan fingerprint density at radius 1 is 1.33 bits per heavy atom. The fraction of sp³-hybridized carbons (Fsp3) is 0.286. The number of imidazole rings is 1. The second kappa shape index (κ2) is 7.02. The molecule has 0 spiro atoms. The lowest BCUT2D eigenvalue weighted by Crippen LogP contribution is -2.25. The molecule has 2 aromatic rings. The molecule has 1 N–H and O–H groups in total. The number of nitrogens with one attached hydrogen (secondary N) is 1. The van der Waals surface area contributed by atoms with Crippen molar-refractivity contribution in [2.75, 3.05) is 6.54 Å². The van der Waals surface area contributed by atoms with Crippen molar-refractivity contribution < 1.29 is 8.42 Å². The number of aromatic nitrogens is 2. The summed E-state index contributed by atoms with van der Waals surface area (Å²) in [6.07, 6.45) is 6.91. The van der Waals surface area contributed by atoms with E-state index in [0.29, 0.717) is 12.1 Å². The van der Waals surface area contributed by atoms with E-state index in [1.54, 1.807) is 24.7 Å². The highest BCUT2D eigenvalue weighted by Crippen LogP contribution is 2.10. The molecule has 0 radical (unpaired) electrons. The van der Waals surface area contributed by atoms with Gasteiger partial charge in [0.1, 0.15) is 0 Å². The Labute approximate surface area is 124 Å². The van der Waals surface area contributed by atoms with Crippen molar-refractivity contribution in [3.8, 4) is 6.07 Å². The third-order valence-corrected chi connectivity index (χ3v) is 4.43. The molecule has 7 heteroatoms. The van der Waals surface area contributed by atoms with E-state index in [-0.39, 0.29) is 4.90 Å². The largest absolute Gasteiger partial charge is 0.337 e. The van der Waals surface area contributed by atoms with Gasteiger partial charge < -0.3 is 4.57 Å². The first-order valence-electron chi connectivity index (χ1n) is 6.57. The SMILES string of the molecule is N#Cc1cccc(S(=O)(=O)NCCCCn2ccnc2)c1. The number of rotatable bonds is 7. The fourth-order valence-electron chi connectivity index (χ4n) is 1.86. The number of hydrogen-bond acceptors (Lipinski definition) is 4. The molecule has 6 nitrogen and oxygen atoms in total. The Morgan fingerprint density at radius 3 is 2.90 bits per heavy atom. The van der Waals surface area contributed by atoms with Crippen LogP contribution < -0.4 is 4.72 Å². The Balaban J connectivity index is 1.82. The molecule has 0 amide bonds. The summed E-state index contributed by atoms with van der Waals surface area (Å²) in [6, 6.07) is 7.92. The van der Waals surface area contributed by atoms with E-state index in [1.807, 2.05) is 16.8 Å². The molecule has 21 heavy (non-hydrogen) atoms. The lowest BCUT2D eigenvalue weighted by molar-refractivity contribution is 0.566. The zero-order chi connectivity index (χ0) is 15.1. The number of benzene rings is 1. The highest BCUT2D eigenvalue weighted by atomic mass is 32.2. The number of unbranched alkanes of at least 4 members (excludes halogenated alkanes) is 1. The van der Waals surface area contributed by atoms with Crippen LogP contribution in [0.3, 0.4) is 0 Å². The van der Waals surface area contributed by atoms with Gasteiger partial charge in [0.15, 0.2) is 0 Å². The number of hydrogen-bond donors (Lipinski definition) is 1. The average Bonchev–Trinajstić information content (AvgIpc) is 3.00. The Bertz CT molecular complexity index is 718. The molecule has 0 atom stereocenters. The van der Waals surface area contributed by atoms with Gasteiger partial charge in [-0.05, 0) is 31.0 Å². The Hall–Kier alpha value is -2.17. The molecule has 110 valence electrons. The summed E-state index contributed by atoms with van der Waals surface area (Å²) in [5.74, 6) is 0. The van der Waals surface area contributed by atoms with Crippen LogP contribution in [-0.4, -0.2) is 24.5 Å². The molecule has 2 rings (SSSR count). The summed E-state index contributed by atoms with van der Waals surface area (Å²) in [6.45, 7) is 1.18. The van der Waals surface area contributed by atoms with Crippen LogP contribution >= 0.6 is 0 Å². The molecule has 0 bridgehead atoms. The molecule has 0 saturated carbocycles. The summed E-state index contributed by atoms with van der Waals surface area (Å²) in [4.78, 5) is 4.06. The van der Waals surface area contributed by atoms with Crippen LogP contribution in [0.4, 0.5) is 0 Å². The van der Waals surface area contributed by atoms with Crippen LogP contribution in [0.15, 0.2) is 47.9 Å². The maximum atomic E-state index is 12.1. The number of sulfonamides is 1. The summed E-state index contributed by atoms with van der Waals surface area (Å²) >= 11 is 0. The van der Waals surface area contributed by atoms with Gasteiger partial charge >= 0.3 is 0 Å². The molecule has 0 fully saturated rings. The van der Waals surface area contributed by atoms with Crippen molar-refractivity contribution in [3.63, 3.8) is 0 Å². The van der Waals surface area contributed by atoms with Crippen molar-refractivity contribution in [1.82, 2.24) is 14.3 Å². The van der Waals surface area contributed by atoms with Gasteiger partial charge in [0.25, 0.3) is 0 Å². The highest BCUT2D eigenvalue weighted by molar-refractivity contribution is 7.89. The van der Waals surface area contributed by atoms with Crippen molar-refractivity contribution in [2.45, 2.75) is 24.3 Å². The number of nitrogens with zero attached hydrogens (tertiary/aromatic N) is 3. The molecule has 0 saturated heterocycles. The highest BCUT2D eigenvalue weighted by Gasteiger charge is 2.13. The Kier molecular flexibility index (Phi) is 5.09. The first-order valence-corrected chi connectivity index (χ1v) is 8.06. The van der Waals surface area contributed by atoms with E-state index in [0.717, 1.165) is 19.4 Å². The summed E-state index contributed by atoms with van der Waals surface area (Å²) in [5, 5.41) is 8.79. The van der Waals surface area contributed by atoms with Crippen molar-refractivity contribution in [1.29, 1.82) is 5.26 Å². The van der Waals surface area contributed by atoms with E-state index in [9.17, 15) is 8.42 Å². The van der Waals surface area contributed by atoms with Crippen LogP contribution in [0.2, 0.25) is 0 Å². The van der Waals surface area contributed by atoms with E-state index in [2.05, 4.69) is 9.71 Å². The average molecular weight is 304 g/mol. The lowest BCUT2D eigenvalue weighted by Gasteiger charge is -2.07. The minimum Gasteiger partial charge on any atom is -0.337 e. The molecule has 0 aliphatic heterocycles. The second-order valence-electron chi connectivity index (χ2n) is 4.55. The van der Waals surface area contributed by atoms with Gasteiger partial charge in [-0.2, -0.15) is 5.26 Å². The lowest BCUT2D eigenvalue weighted by atomic mass is 10.2. The van der Waals surface area contributed by atoms with Crippen LogP contribution in [0.5, 0.6) is 0 Å². The minimum absolute atomic E-state index is 0.121. The zero-order valence-electron chi connectivity index (χ0n) is 11.4. The first-order chi connectivity index (χ1) is 10.1. The molecule has 0 aliphatic carbocycles. The third-order valence-electron chi connectivity index (χ3n) is 2.97. The molecule has 1 aromatic heterocycles. The third kappa shape index (κ3) is 4.41. The van der Waals surface area contributed by atoms with Gasteiger partial charge in [-0.1, -0.05) is 6.07 Å². The number of nitriles is 1. The van der Waals surface area contributed by atoms with Gasteiger partial charge in [-0.15, -0.1) is 0 Å². The quantitative estimate of drug-likeness (QED) is 0.785. The van der Waals surface area contributed by atoms with Crippen molar-refractivity contribution >= 4 is 10.0 Å². The van der Waals surface area contributed by atoms with E-state index in [4.69, 9.17) is 5.26 Å². The topological polar surface area (TPSA) is 87.8 Å². The van der Waals surface area contributed by atoms with Gasteiger partial charge in [-0.3, -0.25) is 0 Å². The van der Waals surface area contributed by atoms with Crippen LogP contribution in [0.25, 0.3) is 0 Å². The summed E-state index contributed by atoms with van der Waals surface area (Å²) in [7, 11) is -3.55. The Morgan fingerprint density at radius 2 is 2.19 bits per heavy atom. The van der Waals surface area contributed by atoms with E-state index < -0.39 is 10.0 Å². The standard InChI is InChI=1S/C14H16N4O2S/c15-11-13-4-3-5-14(10-13)21(19,20)17-6-1-2-8-18-9-7-16-12-18/h3-5,7,9-10,12,17H,1-2,6,8H2. The zero-order valence-corrected chi connectivity index (χ0v) is 12.3. The second-order valence-corrected chi connectivity index (χ2v) is 6.31. The van der Waals surface area contributed by atoms with Crippen molar-refractivity contribution in [3.05, 3.63) is 48.5 Å². The van der Waals surface area contributed by atoms with E-state index in [1.165, 1.54) is 12.1 Å². The molecule has 1 aromatic carbocycles. The monoisotopic (exact) mass is 304 g/mol. The molecule has 0 aliphatic rings. The van der Waals surface area contributed by atoms with E-state index >= 15 is 0 Å². The predicted molar refractivity (Wildman–Crippen MR) is 77.8 cm³/mol. The molecule has 0 unspecified atom stereocenters. The molecular weight excluding hydrogens is 288 g/mol. The molecule has 1 heterocycles. The summed E-state index contributed by atoms with van der Waals surface area (Å²) in [5.41, 5.74) is 0.331. The van der Waals surface area contributed by atoms with Crippen LogP contribution in [0.1, 0.15) is 18.4 Å². The smallest absolute Gasteiger partial charge is 0.240 e. The normalized spacial score (nSPS) is 11.2. The van der Waals surface area contributed by atoms with Gasteiger partial charge in [-0.25, -0.2) is 18.1 Å². The fourth-order valence-corrected chi connectivity index (χ4v) is 2.98. The predicted octanol–water partition coefficient (Wildman–Crippen LogP) is 1.51. The maximum Gasteiger partial charge on any atom is 0.240 e. The number of aryl methyl sites for hydroxylation is 1. The summed E-state index contributed by atoms with van der Waals surface area (Å²) < 4.78 is 28.6. The van der Waals surface area contributed by atoms with Gasteiger partial charge in [0.05, 0.1) is 22.9 Å². The van der Waals surface area contributed by atoms with Crippen LogP contribution in [0, 0.1) is 11.3 Å². The van der Waals surface area contributed by atoms with Crippen LogP contribution in [-0.2, 0) is 16.6 Å². The van der Waals surface area contributed by atoms with Gasteiger partial charge in [0.2, 0.25) is 10.0 Å². The first kappa shape index (κ1) is 15.2. The minimum atomic E-state index is -3.55. The van der Waals surface area contributed by atoms with Gasteiger partial charge in [0, 0.05) is 25.5 Å². The molecular formula is C14H16N4O2S.